The monoisotopic (exact) mass is 344 g/mol. The zero-order valence-corrected chi connectivity index (χ0v) is 12.0. The molecule has 0 aliphatic heterocycles. The molecule has 1 N–H and O–H groups in total. The summed E-state index contributed by atoms with van der Waals surface area (Å²) in [5, 5.41) is 7.92. The Morgan fingerprint density at radius 3 is 2.76 bits per heavy atom. The first-order valence-electron chi connectivity index (χ1n) is 5.24. The minimum atomic E-state index is -0.477. The van der Waals surface area contributed by atoms with Gasteiger partial charge in [-0.3, -0.25) is 5.10 Å². The van der Waals surface area contributed by atoms with Crippen LogP contribution >= 0.6 is 22.6 Å². The SMILES string of the molecule is CC(C)(C)OC(=O)c1ccc2n[nH]c(I)c2c1. The lowest BCUT2D eigenvalue weighted by Gasteiger charge is -2.19. The van der Waals surface area contributed by atoms with Crippen LogP contribution in [0.15, 0.2) is 18.2 Å². The van der Waals surface area contributed by atoms with E-state index in [1.165, 1.54) is 0 Å². The summed E-state index contributed by atoms with van der Waals surface area (Å²) in [6.07, 6.45) is 0. The standard InChI is InChI=1S/C12H13IN2O2/c1-12(2,3)17-11(16)7-4-5-9-8(6-7)10(13)15-14-9/h4-6H,1-3H3,(H,14,15). The van der Waals surface area contributed by atoms with E-state index in [0.29, 0.717) is 5.56 Å². The van der Waals surface area contributed by atoms with Gasteiger partial charge in [-0.15, -0.1) is 0 Å². The summed E-state index contributed by atoms with van der Waals surface area (Å²) in [5.41, 5.74) is 0.920. The number of hydrogen-bond acceptors (Lipinski definition) is 3. The lowest BCUT2D eigenvalue weighted by molar-refractivity contribution is 0.00697. The fraction of sp³-hybridized carbons (Fsp3) is 0.333. The third-order valence-corrected chi connectivity index (χ3v) is 2.96. The maximum absolute atomic E-state index is 11.9. The third kappa shape index (κ3) is 2.77. The van der Waals surface area contributed by atoms with E-state index in [1.807, 2.05) is 26.8 Å². The second-order valence-corrected chi connectivity index (χ2v) is 5.85. The van der Waals surface area contributed by atoms with Crippen molar-refractivity contribution in [2.75, 3.05) is 0 Å². The molecule has 0 bridgehead atoms. The number of aromatic amines is 1. The van der Waals surface area contributed by atoms with Crippen molar-refractivity contribution in [2.24, 2.45) is 0 Å². The van der Waals surface area contributed by atoms with Crippen LogP contribution in [0.2, 0.25) is 0 Å². The molecule has 1 heterocycles. The molecule has 4 nitrogen and oxygen atoms in total. The van der Waals surface area contributed by atoms with Gasteiger partial charge in [0.2, 0.25) is 0 Å². The van der Waals surface area contributed by atoms with Gasteiger partial charge < -0.3 is 4.74 Å². The van der Waals surface area contributed by atoms with E-state index < -0.39 is 5.60 Å². The van der Waals surface area contributed by atoms with Crippen LogP contribution in [0.3, 0.4) is 0 Å². The highest BCUT2D eigenvalue weighted by atomic mass is 127. The van der Waals surface area contributed by atoms with Crippen molar-refractivity contribution in [1.29, 1.82) is 0 Å². The zero-order valence-electron chi connectivity index (χ0n) is 9.87. The molecule has 90 valence electrons. The number of ether oxygens (including phenoxy) is 1. The summed E-state index contributed by atoms with van der Waals surface area (Å²) in [4.78, 5) is 11.9. The highest BCUT2D eigenvalue weighted by Gasteiger charge is 2.18. The van der Waals surface area contributed by atoms with Gasteiger partial charge in [0, 0.05) is 5.39 Å². The molecular weight excluding hydrogens is 331 g/mol. The third-order valence-electron chi connectivity index (χ3n) is 2.14. The van der Waals surface area contributed by atoms with Crippen LogP contribution in [-0.2, 0) is 4.74 Å². The molecular formula is C12H13IN2O2. The molecule has 0 unspecified atom stereocenters. The van der Waals surface area contributed by atoms with Crippen LogP contribution in [0.25, 0.3) is 10.9 Å². The van der Waals surface area contributed by atoms with Gasteiger partial charge in [0.1, 0.15) is 9.30 Å². The number of carbonyl (C=O) groups is 1. The number of nitrogens with one attached hydrogen (secondary N) is 1. The van der Waals surface area contributed by atoms with Gasteiger partial charge in [-0.2, -0.15) is 5.10 Å². The van der Waals surface area contributed by atoms with Crippen molar-refractivity contribution in [1.82, 2.24) is 10.2 Å². The lowest BCUT2D eigenvalue weighted by Crippen LogP contribution is -2.23. The Morgan fingerprint density at radius 2 is 2.12 bits per heavy atom. The smallest absolute Gasteiger partial charge is 0.338 e. The summed E-state index contributed by atoms with van der Waals surface area (Å²) in [6.45, 7) is 5.56. The number of halogens is 1. The van der Waals surface area contributed by atoms with E-state index in [4.69, 9.17) is 4.74 Å². The molecule has 0 aliphatic rings. The molecule has 5 heteroatoms. The summed E-state index contributed by atoms with van der Waals surface area (Å²) in [5.74, 6) is -0.309. The zero-order chi connectivity index (χ0) is 12.6. The summed E-state index contributed by atoms with van der Waals surface area (Å²) >= 11 is 2.15. The Kier molecular flexibility index (Phi) is 3.11. The first-order valence-corrected chi connectivity index (χ1v) is 6.32. The van der Waals surface area contributed by atoms with Crippen molar-refractivity contribution in [3.05, 3.63) is 27.5 Å². The fourth-order valence-electron chi connectivity index (χ4n) is 1.44. The van der Waals surface area contributed by atoms with Crippen LogP contribution in [0.1, 0.15) is 31.1 Å². The predicted molar refractivity (Wildman–Crippen MR) is 74.0 cm³/mol. The molecule has 0 fully saturated rings. The van der Waals surface area contributed by atoms with Gasteiger partial charge >= 0.3 is 5.97 Å². The van der Waals surface area contributed by atoms with Crippen molar-refractivity contribution in [3.63, 3.8) is 0 Å². The van der Waals surface area contributed by atoms with E-state index in [9.17, 15) is 4.79 Å². The van der Waals surface area contributed by atoms with Gasteiger partial charge in [-0.1, -0.05) is 0 Å². The van der Waals surface area contributed by atoms with Crippen molar-refractivity contribution < 1.29 is 9.53 Å². The average molecular weight is 344 g/mol. The maximum atomic E-state index is 11.9. The minimum Gasteiger partial charge on any atom is -0.456 e. The van der Waals surface area contributed by atoms with Gasteiger partial charge in [0.05, 0.1) is 11.1 Å². The first kappa shape index (κ1) is 12.3. The van der Waals surface area contributed by atoms with Gasteiger partial charge in [0.15, 0.2) is 0 Å². The Bertz CT molecular complexity index is 569. The molecule has 0 amide bonds. The van der Waals surface area contributed by atoms with Crippen LogP contribution in [0.5, 0.6) is 0 Å². The fourth-order valence-corrected chi connectivity index (χ4v) is 2.00. The highest BCUT2D eigenvalue weighted by Crippen LogP contribution is 2.20. The van der Waals surface area contributed by atoms with Gasteiger partial charge in [0.25, 0.3) is 0 Å². The molecule has 0 aliphatic carbocycles. The molecule has 0 saturated heterocycles. The summed E-state index contributed by atoms with van der Waals surface area (Å²) < 4.78 is 6.24. The number of aromatic nitrogens is 2. The quantitative estimate of drug-likeness (QED) is 0.639. The molecule has 1 aromatic carbocycles. The minimum absolute atomic E-state index is 0.309. The van der Waals surface area contributed by atoms with E-state index >= 15 is 0 Å². The normalized spacial score (nSPS) is 11.8. The number of benzene rings is 1. The number of nitrogens with zero attached hydrogens (tertiary/aromatic N) is 1. The molecule has 0 radical (unpaired) electrons. The maximum Gasteiger partial charge on any atom is 0.338 e. The Morgan fingerprint density at radius 1 is 1.41 bits per heavy atom. The van der Waals surface area contributed by atoms with Crippen LogP contribution in [-0.4, -0.2) is 21.8 Å². The molecule has 0 saturated carbocycles. The van der Waals surface area contributed by atoms with E-state index in [-0.39, 0.29) is 5.97 Å². The Balaban J connectivity index is 2.36. The van der Waals surface area contributed by atoms with Crippen LogP contribution in [0.4, 0.5) is 0 Å². The Hall–Kier alpha value is -1.11. The molecule has 17 heavy (non-hydrogen) atoms. The first-order chi connectivity index (χ1) is 7.87. The molecule has 2 aromatic rings. The molecule has 2 rings (SSSR count). The lowest BCUT2D eigenvalue weighted by atomic mass is 10.1. The number of fused-ring (bicyclic) bond motifs is 1. The predicted octanol–water partition coefficient (Wildman–Crippen LogP) is 3.12. The number of rotatable bonds is 1. The summed E-state index contributed by atoms with van der Waals surface area (Å²) in [7, 11) is 0. The number of carbonyl (C=O) groups excluding carboxylic acids is 1. The van der Waals surface area contributed by atoms with Gasteiger partial charge in [-0.05, 0) is 61.6 Å². The van der Waals surface area contributed by atoms with Crippen molar-refractivity contribution in [3.8, 4) is 0 Å². The average Bonchev–Trinajstić information content (AvgIpc) is 2.57. The van der Waals surface area contributed by atoms with Crippen LogP contribution in [0, 0.1) is 3.70 Å². The molecule has 0 atom stereocenters. The van der Waals surface area contributed by atoms with E-state index in [1.54, 1.807) is 12.1 Å². The summed E-state index contributed by atoms with van der Waals surface area (Å²) in [6, 6.07) is 5.34. The van der Waals surface area contributed by atoms with E-state index in [2.05, 4.69) is 32.8 Å². The van der Waals surface area contributed by atoms with Crippen molar-refractivity contribution >= 4 is 39.5 Å². The highest BCUT2D eigenvalue weighted by molar-refractivity contribution is 14.1. The number of esters is 1. The molecule has 1 aromatic heterocycles. The molecule has 0 spiro atoms. The van der Waals surface area contributed by atoms with Crippen molar-refractivity contribution in [2.45, 2.75) is 26.4 Å². The van der Waals surface area contributed by atoms with E-state index in [0.717, 1.165) is 14.6 Å². The largest absolute Gasteiger partial charge is 0.456 e. The van der Waals surface area contributed by atoms with Crippen LogP contribution < -0.4 is 0 Å². The van der Waals surface area contributed by atoms with Gasteiger partial charge in [-0.25, -0.2) is 4.79 Å². The second-order valence-electron chi connectivity index (χ2n) is 4.77. The number of H-pyrrole nitrogens is 1. The topological polar surface area (TPSA) is 55.0 Å². The number of hydrogen-bond donors (Lipinski definition) is 1. The second kappa shape index (κ2) is 4.29. The Labute approximate surface area is 113 Å².